The lowest BCUT2D eigenvalue weighted by Crippen LogP contribution is -2.23. The van der Waals surface area contributed by atoms with Crippen molar-refractivity contribution in [1.82, 2.24) is 19.9 Å². The zero-order chi connectivity index (χ0) is 14.8. The summed E-state index contributed by atoms with van der Waals surface area (Å²) in [7, 11) is 0. The number of rotatable bonds is 4. The number of nitrogens with zero attached hydrogens (tertiary/aromatic N) is 3. The Morgan fingerprint density at radius 2 is 2.10 bits per heavy atom. The monoisotopic (exact) mass is 348 g/mol. The second-order valence-electron chi connectivity index (χ2n) is 5.89. The van der Waals surface area contributed by atoms with Crippen molar-refractivity contribution < 1.29 is 0 Å². The largest absolute Gasteiger partial charge is 0.310 e. The van der Waals surface area contributed by atoms with Gasteiger partial charge in [0.15, 0.2) is 0 Å². The standard InChI is InChI=1S/C16H21BrN4/c1-11(2)18-8-12-7-13(17)9-19-16(12)21-10-20-14-5-3-4-6-15(14)21/h7,9-11,18H,3-6,8H2,1-2H3. The molecule has 1 N–H and O–H groups in total. The Morgan fingerprint density at radius 1 is 1.29 bits per heavy atom. The number of imidazole rings is 1. The van der Waals surface area contributed by atoms with Gasteiger partial charge in [-0.25, -0.2) is 9.97 Å². The Labute approximate surface area is 134 Å². The highest BCUT2D eigenvalue weighted by Crippen LogP contribution is 2.25. The third kappa shape index (κ3) is 3.19. The molecule has 5 heteroatoms. The molecule has 0 aromatic carbocycles. The average Bonchev–Trinajstić information content (AvgIpc) is 2.89. The van der Waals surface area contributed by atoms with Crippen LogP contribution in [0.15, 0.2) is 23.1 Å². The summed E-state index contributed by atoms with van der Waals surface area (Å²) in [6.07, 6.45) is 8.49. The fourth-order valence-corrected chi connectivity index (χ4v) is 3.17. The molecule has 1 aliphatic carbocycles. The molecule has 0 bridgehead atoms. The number of aromatic nitrogens is 3. The number of hydrogen-bond donors (Lipinski definition) is 1. The first-order valence-corrected chi connectivity index (χ1v) is 8.37. The molecule has 2 heterocycles. The van der Waals surface area contributed by atoms with Crippen molar-refractivity contribution in [2.24, 2.45) is 0 Å². The van der Waals surface area contributed by atoms with E-state index in [1.54, 1.807) is 0 Å². The molecule has 0 saturated heterocycles. The molecular weight excluding hydrogens is 328 g/mol. The van der Waals surface area contributed by atoms with Crippen LogP contribution >= 0.6 is 15.9 Å². The van der Waals surface area contributed by atoms with Crippen LogP contribution in [0.5, 0.6) is 0 Å². The first kappa shape index (κ1) is 14.7. The van der Waals surface area contributed by atoms with Gasteiger partial charge >= 0.3 is 0 Å². The summed E-state index contributed by atoms with van der Waals surface area (Å²) in [5, 5.41) is 3.48. The van der Waals surface area contributed by atoms with Gasteiger partial charge in [0.2, 0.25) is 0 Å². The predicted molar refractivity (Wildman–Crippen MR) is 87.7 cm³/mol. The summed E-state index contributed by atoms with van der Waals surface area (Å²) in [5.74, 6) is 1.00. The Balaban J connectivity index is 1.99. The normalized spacial score (nSPS) is 14.5. The highest BCUT2D eigenvalue weighted by Gasteiger charge is 2.18. The van der Waals surface area contributed by atoms with Crippen molar-refractivity contribution in [2.45, 2.75) is 52.1 Å². The molecule has 0 spiro atoms. The molecule has 0 amide bonds. The minimum absolute atomic E-state index is 0.452. The average molecular weight is 349 g/mol. The van der Waals surface area contributed by atoms with Gasteiger partial charge in [0.1, 0.15) is 12.1 Å². The van der Waals surface area contributed by atoms with E-state index >= 15 is 0 Å². The molecule has 0 fully saturated rings. The quantitative estimate of drug-likeness (QED) is 0.920. The maximum Gasteiger partial charge on any atom is 0.142 e. The van der Waals surface area contributed by atoms with Crippen LogP contribution in [0, 0.1) is 0 Å². The molecule has 0 saturated carbocycles. The first-order valence-electron chi connectivity index (χ1n) is 7.58. The van der Waals surface area contributed by atoms with E-state index in [0.29, 0.717) is 6.04 Å². The van der Waals surface area contributed by atoms with Crippen LogP contribution in [-0.2, 0) is 19.4 Å². The Kier molecular flexibility index (Phi) is 4.40. The predicted octanol–water partition coefficient (Wildman–Crippen LogP) is 3.41. The van der Waals surface area contributed by atoms with Gasteiger partial charge < -0.3 is 5.32 Å². The molecule has 112 valence electrons. The summed E-state index contributed by atoms with van der Waals surface area (Å²) in [5.41, 5.74) is 3.78. The van der Waals surface area contributed by atoms with E-state index in [0.717, 1.165) is 29.7 Å². The van der Waals surface area contributed by atoms with Gasteiger partial charge in [-0.3, -0.25) is 4.57 Å². The van der Waals surface area contributed by atoms with E-state index in [4.69, 9.17) is 0 Å². The SMILES string of the molecule is CC(C)NCc1cc(Br)cnc1-n1cnc2c1CCCC2. The number of hydrogen-bond acceptors (Lipinski definition) is 3. The van der Waals surface area contributed by atoms with Crippen LogP contribution < -0.4 is 5.32 Å². The third-order valence-corrected chi connectivity index (χ3v) is 4.30. The van der Waals surface area contributed by atoms with E-state index in [9.17, 15) is 0 Å². The van der Waals surface area contributed by atoms with E-state index in [2.05, 4.69) is 55.7 Å². The minimum Gasteiger partial charge on any atom is -0.310 e. The molecule has 1 aliphatic rings. The fraction of sp³-hybridized carbons (Fsp3) is 0.500. The van der Waals surface area contributed by atoms with Gasteiger partial charge in [0.05, 0.1) is 5.69 Å². The third-order valence-electron chi connectivity index (χ3n) is 3.87. The van der Waals surface area contributed by atoms with Crippen molar-refractivity contribution >= 4 is 15.9 Å². The Hall–Kier alpha value is -1.20. The van der Waals surface area contributed by atoms with Crippen molar-refractivity contribution in [3.63, 3.8) is 0 Å². The molecule has 3 rings (SSSR count). The van der Waals surface area contributed by atoms with E-state index in [1.807, 2.05) is 12.5 Å². The van der Waals surface area contributed by atoms with Crippen LogP contribution in [0.4, 0.5) is 0 Å². The van der Waals surface area contributed by atoms with Crippen molar-refractivity contribution in [3.8, 4) is 5.82 Å². The van der Waals surface area contributed by atoms with Gasteiger partial charge in [-0.15, -0.1) is 0 Å². The highest BCUT2D eigenvalue weighted by molar-refractivity contribution is 9.10. The maximum absolute atomic E-state index is 4.64. The number of nitrogens with one attached hydrogen (secondary N) is 1. The maximum atomic E-state index is 4.64. The van der Waals surface area contributed by atoms with E-state index in [1.165, 1.54) is 29.8 Å². The van der Waals surface area contributed by atoms with Gasteiger partial charge in [-0.05, 0) is 47.7 Å². The summed E-state index contributed by atoms with van der Waals surface area (Å²) >= 11 is 3.53. The number of halogens is 1. The topological polar surface area (TPSA) is 42.7 Å². The first-order chi connectivity index (χ1) is 10.1. The van der Waals surface area contributed by atoms with E-state index < -0.39 is 0 Å². The second-order valence-corrected chi connectivity index (χ2v) is 6.80. The molecule has 4 nitrogen and oxygen atoms in total. The summed E-state index contributed by atoms with van der Waals surface area (Å²) in [6.45, 7) is 5.13. The molecule has 0 unspecified atom stereocenters. The molecule has 0 atom stereocenters. The van der Waals surface area contributed by atoms with Gasteiger partial charge in [0.25, 0.3) is 0 Å². The minimum atomic E-state index is 0.452. The fourth-order valence-electron chi connectivity index (χ4n) is 2.79. The smallest absolute Gasteiger partial charge is 0.142 e. The molecule has 21 heavy (non-hydrogen) atoms. The molecule has 2 aromatic rings. The van der Waals surface area contributed by atoms with Crippen molar-refractivity contribution in [1.29, 1.82) is 0 Å². The highest BCUT2D eigenvalue weighted by atomic mass is 79.9. The van der Waals surface area contributed by atoms with Gasteiger partial charge in [-0.1, -0.05) is 13.8 Å². The van der Waals surface area contributed by atoms with Crippen molar-refractivity contribution in [2.75, 3.05) is 0 Å². The zero-order valence-corrected chi connectivity index (χ0v) is 14.2. The molecule has 0 radical (unpaired) electrons. The molecule has 0 aliphatic heterocycles. The summed E-state index contributed by atoms with van der Waals surface area (Å²) in [4.78, 5) is 9.23. The van der Waals surface area contributed by atoms with Crippen molar-refractivity contribution in [3.05, 3.63) is 40.0 Å². The lowest BCUT2D eigenvalue weighted by molar-refractivity contribution is 0.584. The van der Waals surface area contributed by atoms with Crippen LogP contribution in [-0.4, -0.2) is 20.6 Å². The Morgan fingerprint density at radius 3 is 2.90 bits per heavy atom. The Bertz CT molecular complexity index is 633. The van der Waals surface area contributed by atoms with E-state index in [-0.39, 0.29) is 0 Å². The van der Waals surface area contributed by atoms with Crippen LogP contribution in [0.25, 0.3) is 5.82 Å². The van der Waals surface area contributed by atoms with Gasteiger partial charge in [-0.2, -0.15) is 0 Å². The number of pyridine rings is 1. The second kappa shape index (κ2) is 6.28. The lowest BCUT2D eigenvalue weighted by atomic mass is 10.0. The number of aryl methyl sites for hydroxylation is 1. The van der Waals surface area contributed by atoms with Crippen LogP contribution in [0.1, 0.15) is 43.6 Å². The zero-order valence-electron chi connectivity index (χ0n) is 12.6. The lowest BCUT2D eigenvalue weighted by Gasteiger charge is -2.17. The molecule has 2 aromatic heterocycles. The number of fused-ring (bicyclic) bond motifs is 1. The van der Waals surface area contributed by atoms with Crippen LogP contribution in [0.3, 0.4) is 0 Å². The van der Waals surface area contributed by atoms with Crippen LogP contribution in [0.2, 0.25) is 0 Å². The van der Waals surface area contributed by atoms with Gasteiger partial charge in [0, 0.05) is 34.5 Å². The summed E-state index contributed by atoms with van der Waals surface area (Å²) < 4.78 is 3.19. The molecular formula is C16H21BrN4. The summed E-state index contributed by atoms with van der Waals surface area (Å²) in [6, 6.07) is 2.60.